The van der Waals surface area contributed by atoms with Gasteiger partial charge in [0.2, 0.25) is 0 Å². The number of hydrogen-bond acceptors (Lipinski definition) is 2. The standard InChI is InChI=1S/C16H21NO/c1-3-14-6-8-15(9-7-14)13(2)17-11-10-16-5-4-12-18-16/h4-9,12-13,17H,3,10-11H2,1-2H3. The largest absolute Gasteiger partial charge is 0.469 e. The van der Waals surface area contributed by atoms with E-state index in [4.69, 9.17) is 4.42 Å². The van der Waals surface area contributed by atoms with Gasteiger partial charge in [-0.3, -0.25) is 0 Å². The predicted octanol–water partition coefficient (Wildman–Crippen LogP) is 3.74. The highest BCUT2D eigenvalue weighted by molar-refractivity contribution is 5.24. The highest BCUT2D eigenvalue weighted by Crippen LogP contribution is 2.13. The maximum Gasteiger partial charge on any atom is 0.105 e. The second-order valence-corrected chi connectivity index (χ2v) is 4.60. The van der Waals surface area contributed by atoms with Gasteiger partial charge in [-0.05, 0) is 36.6 Å². The van der Waals surface area contributed by atoms with E-state index in [1.54, 1.807) is 6.26 Å². The van der Waals surface area contributed by atoms with Crippen molar-refractivity contribution in [2.75, 3.05) is 6.54 Å². The number of benzene rings is 1. The van der Waals surface area contributed by atoms with E-state index in [2.05, 4.69) is 43.4 Å². The lowest BCUT2D eigenvalue weighted by Gasteiger charge is -2.14. The molecule has 2 heteroatoms. The van der Waals surface area contributed by atoms with Crippen LogP contribution >= 0.6 is 0 Å². The summed E-state index contributed by atoms with van der Waals surface area (Å²) < 4.78 is 5.31. The zero-order chi connectivity index (χ0) is 12.8. The van der Waals surface area contributed by atoms with Crippen LogP contribution in [0.25, 0.3) is 0 Å². The molecule has 0 bridgehead atoms. The number of aryl methyl sites for hydroxylation is 1. The molecule has 0 aliphatic carbocycles. The van der Waals surface area contributed by atoms with Gasteiger partial charge in [0.25, 0.3) is 0 Å². The molecule has 18 heavy (non-hydrogen) atoms. The Morgan fingerprint density at radius 2 is 1.94 bits per heavy atom. The van der Waals surface area contributed by atoms with Gasteiger partial charge in [0.05, 0.1) is 6.26 Å². The van der Waals surface area contributed by atoms with E-state index in [1.165, 1.54) is 11.1 Å². The molecule has 1 N–H and O–H groups in total. The van der Waals surface area contributed by atoms with Crippen LogP contribution in [-0.2, 0) is 12.8 Å². The summed E-state index contributed by atoms with van der Waals surface area (Å²) in [5.74, 6) is 1.04. The topological polar surface area (TPSA) is 25.2 Å². The smallest absolute Gasteiger partial charge is 0.105 e. The van der Waals surface area contributed by atoms with E-state index in [9.17, 15) is 0 Å². The fraction of sp³-hybridized carbons (Fsp3) is 0.375. The summed E-state index contributed by atoms with van der Waals surface area (Å²) in [7, 11) is 0. The Hall–Kier alpha value is -1.54. The Morgan fingerprint density at radius 1 is 1.17 bits per heavy atom. The summed E-state index contributed by atoms with van der Waals surface area (Å²) in [4.78, 5) is 0. The molecular weight excluding hydrogens is 222 g/mol. The molecule has 0 spiro atoms. The predicted molar refractivity (Wildman–Crippen MR) is 74.6 cm³/mol. The lowest BCUT2D eigenvalue weighted by Crippen LogP contribution is -2.21. The van der Waals surface area contributed by atoms with Gasteiger partial charge in [-0.2, -0.15) is 0 Å². The van der Waals surface area contributed by atoms with Crippen LogP contribution in [0.5, 0.6) is 0 Å². The molecule has 0 aliphatic heterocycles. The summed E-state index contributed by atoms with van der Waals surface area (Å²) >= 11 is 0. The third-order valence-electron chi connectivity index (χ3n) is 3.29. The lowest BCUT2D eigenvalue weighted by molar-refractivity contribution is 0.486. The van der Waals surface area contributed by atoms with Crippen LogP contribution in [0.2, 0.25) is 0 Å². The van der Waals surface area contributed by atoms with Crippen LogP contribution in [0.4, 0.5) is 0 Å². The maximum absolute atomic E-state index is 5.31. The Labute approximate surface area is 109 Å². The minimum Gasteiger partial charge on any atom is -0.469 e. The van der Waals surface area contributed by atoms with Gasteiger partial charge in [0, 0.05) is 19.0 Å². The summed E-state index contributed by atoms with van der Waals surface area (Å²) in [6.45, 7) is 5.31. The number of nitrogens with one attached hydrogen (secondary N) is 1. The van der Waals surface area contributed by atoms with Crippen molar-refractivity contribution < 1.29 is 4.42 Å². The van der Waals surface area contributed by atoms with Gasteiger partial charge >= 0.3 is 0 Å². The molecule has 0 fully saturated rings. The third kappa shape index (κ3) is 3.47. The van der Waals surface area contributed by atoms with Crippen LogP contribution in [-0.4, -0.2) is 6.54 Å². The molecule has 0 amide bonds. The molecule has 1 heterocycles. The number of furan rings is 1. The Kier molecular flexibility index (Phi) is 4.59. The molecule has 0 radical (unpaired) electrons. The highest BCUT2D eigenvalue weighted by Gasteiger charge is 2.04. The molecule has 0 saturated heterocycles. The molecule has 0 aliphatic rings. The fourth-order valence-corrected chi connectivity index (χ4v) is 2.03. The molecule has 1 atom stereocenters. The van der Waals surface area contributed by atoms with Crippen LogP contribution in [0.15, 0.2) is 47.1 Å². The van der Waals surface area contributed by atoms with Crippen molar-refractivity contribution in [1.82, 2.24) is 5.32 Å². The van der Waals surface area contributed by atoms with E-state index in [0.29, 0.717) is 6.04 Å². The Morgan fingerprint density at radius 3 is 2.56 bits per heavy atom. The van der Waals surface area contributed by atoms with Crippen molar-refractivity contribution in [3.63, 3.8) is 0 Å². The first-order valence-corrected chi connectivity index (χ1v) is 6.64. The average Bonchev–Trinajstić information content (AvgIpc) is 2.92. The molecule has 2 aromatic rings. The van der Waals surface area contributed by atoms with Crippen molar-refractivity contribution >= 4 is 0 Å². The monoisotopic (exact) mass is 243 g/mol. The van der Waals surface area contributed by atoms with E-state index < -0.39 is 0 Å². The van der Waals surface area contributed by atoms with E-state index in [0.717, 1.165) is 25.1 Å². The van der Waals surface area contributed by atoms with Crippen LogP contribution < -0.4 is 5.32 Å². The van der Waals surface area contributed by atoms with Crippen LogP contribution in [0.3, 0.4) is 0 Å². The van der Waals surface area contributed by atoms with Gasteiger partial charge in [0.15, 0.2) is 0 Å². The summed E-state index contributed by atoms with van der Waals surface area (Å²) in [6.07, 6.45) is 3.76. The quantitative estimate of drug-likeness (QED) is 0.836. The minimum absolute atomic E-state index is 0.380. The Bertz CT molecular complexity index is 444. The number of hydrogen-bond donors (Lipinski definition) is 1. The zero-order valence-electron chi connectivity index (χ0n) is 11.1. The minimum atomic E-state index is 0.380. The summed E-state index contributed by atoms with van der Waals surface area (Å²) in [5, 5.41) is 3.51. The van der Waals surface area contributed by atoms with Crippen molar-refractivity contribution in [2.45, 2.75) is 32.7 Å². The van der Waals surface area contributed by atoms with Crippen molar-refractivity contribution in [2.24, 2.45) is 0 Å². The van der Waals surface area contributed by atoms with Crippen molar-refractivity contribution in [1.29, 1.82) is 0 Å². The second-order valence-electron chi connectivity index (χ2n) is 4.60. The van der Waals surface area contributed by atoms with Gasteiger partial charge in [-0.1, -0.05) is 31.2 Å². The average molecular weight is 243 g/mol. The van der Waals surface area contributed by atoms with Gasteiger partial charge < -0.3 is 9.73 Å². The Balaban J connectivity index is 1.81. The second kappa shape index (κ2) is 6.41. The molecule has 0 saturated carbocycles. The van der Waals surface area contributed by atoms with E-state index >= 15 is 0 Å². The fourth-order valence-electron chi connectivity index (χ4n) is 2.03. The molecule has 1 unspecified atom stereocenters. The first-order chi connectivity index (χ1) is 8.79. The van der Waals surface area contributed by atoms with Crippen LogP contribution in [0.1, 0.15) is 36.8 Å². The maximum atomic E-state index is 5.31. The lowest BCUT2D eigenvalue weighted by atomic mass is 10.0. The van der Waals surface area contributed by atoms with Crippen molar-refractivity contribution in [3.8, 4) is 0 Å². The molecule has 1 aromatic heterocycles. The molecule has 2 nitrogen and oxygen atoms in total. The van der Waals surface area contributed by atoms with Crippen molar-refractivity contribution in [3.05, 3.63) is 59.5 Å². The summed E-state index contributed by atoms with van der Waals surface area (Å²) in [6, 6.07) is 13.2. The van der Waals surface area contributed by atoms with Gasteiger partial charge in [-0.15, -0.1) is 0 Å². The molecular formula is C16H21NO. The third-order valence-corrected chi connectivity index (χ3v) is 3.29. The first-order valence-electron chi connectivity index (χ1n) is 6.64. The molecule has 96 valence electrons. The normalized spacial score (nSPS) is 12.6. The SMILES string of the molecule is CCc1ccc(C(C)NCCc2ccco2)cc1. The molecule has 2 rings (SSSR count). The van der Waals surface area contributed by atoms with E-state index in [1.807, 2.05) is 12.1 Å². The van der Waals surface area contributed by atoms with E-state index in [-0.39, 0.29) is 0 Å². The highest BCUT2D eigenvalue weighted by atomic mass is 16.3. The molecule has 1 aromatic carbocycles. The van der Waals surface area contributed by atoms with Gasteiger partial charge in [0.1, 0.15) is 5.76 Å². The first kappa shape index (κ1) is 12.9. The number of rotatable bonds is 6. The zero-order valence-corrected chi connectivity index (χ0v) is 11.1. The van der Waals surface area contributed by atoms with Gasteiger partial charge in [-0.25, -0.2) is 0 Å². The van der Waals surface area contributed by atoms with Crippen LogP contribution in [0, 0.1) is 0 Å². The summed E-state index contributed by atoms with van der Waals surface area (Å²) in [5.41, 5.74) is 2.73.